The lowest BCUT2D eigenvalue weighted by Gasteiger charge is -2.45. The van der Waals surface area contributed by atoms with Crippen molar-refractivity contribution < 1.29 is 0 Å². The largest absolute Gasteiger partial charge is 0.299 e. The van der Waals surface area contributed by atoms with Gasteiger partial charge in [-0.3, -0.25) is 20.0 Å². The quantitative estimate of drug-likeness (QED) is 0.893. The molecular formula is C22H30N4. The Morgan fingerprint density at radius 2 is 1.50 bits per heavy atom. The van der Waals surface area contributed by atoms with Crippen LogP contribution in [0.15, 0.2) is 60.7 Å². The van der Waals surface area contributed by atoms with E-state index in [2.05, 4.69) is 87.7 Å². The fourth-order valence-corrected chi connectivity index (χ4v) is 4.32. The first-order valence-electron chi connectivity index (χ1n) is 9.77. The molecule has 2 aromatic rings. The molecule has 26 heavy (non-hydrogen) atoms. The normalized spacial score (nSPS) is 25.6. The van der Waals surface area contributed by atoms with Crippen LogP contribution in [-0.4, -0.2) is 66.7 Å². The lowest BCUT2D eigenvalue weighted by atomic mass is 10.1. The summed E-state index contributed by atoms with van der Waals surface area (Å²) in [6.45, 7) is 7.69. The summed E-state index contributed by atoms with van der Waals surface area (Å²) < 4.78 is 0. The minimum absolute atomic E-state index is 0.442. The molecule has 0 bridgehead atoms. The molecule has 0 saturated carbocycles. The molecule has 0 amide bonds. The van der Waals surface area contributed by atoms with Crippen LogP contribution in [0.2, 0.25) is 0 Å². The van der Waals surface area contributed by atoms with E-state index in [0.717, 1.165) is 45.8 Å². The molecule has 2 aromatic carbocycles. The summed E-state index contributed by atoms with van der Waals surface area (Å²) in [6.07, 6.45) is 0.442. The molecule has 2 atom stereocenters. The molecule has 1 N–H and O–H groups in total. The number of piperazine rings is 1. The van der Waals surface area contributed by atoms with Gasteiger partial charge < -0.3 is 0 Å². The highest BCUT2D eigenvalue weighted by Crippen LogP contribution is 2.21. The Labute approximate surface area is 157 Å². The van der Waals surface area contributed by atoms with E-state index >= 15 is 0 Å². The second-order valence-corrected chi connectivity index (χ2v) is 7.62. The van der Waals surface area contributed by atoms with Crippen LogP contribution in [0.4, 0.5) is 0 Å². The van der Waals surface area contributed by atoms with Crippen molar-refractivity contribution in [1.82, 2.24) is 20.0 Å². The molecular weight excluding hydrogens is 320 g/mol. The van der Waals surface area contributed by atoms with Gasteiger partial charge in [-0.25, -0.2) is 0 Å². The van der Waals surface area contributed by atoms with E-state index in [4.69, 9.17) is 0 Å². The molecule has 0 spiro atoms. The maximum absolute atomic E-state index is 3.73. The van der Waals surface area contributed by atoms with Gasteiger partial charge in [-0.05, 0) is 18.2 Å². The van der Waals surface area contributed by atoms with Gasteiger partial charge in [0.15, 0.2) is 0 Å². The molecule has 4 rings (SSSR count). The second kappa shape index (κ2) is 8.31. The summed E-state index contributed by atoms with van der Waals surface area (Å²) in [5.41, 5.74) is 2.82. The third kappa shape index (κ3) is 4.15. The summed E-state index contributed by atoms with van der Waals surface area (Å²) >= 11 is 0. The van der Waals surface area contributed by atoms with E-state index in [-0.39, 0.29) is 0 Å². The Balaban J connectivity index is 1.48. The molecule has 138 valence electrons. The van der Waals surface area contributed by atoms with Crippen LogP contribution in [0.3, 0.4) is 0 Å². The minimum Gasteiger partial charge on any atom is -0.299 e. The molecule has 4 heteroatoms. The number of rotatable bonds is 5. The maximum atomic E-state index is 3.73. The van der Waals surface area contributed by atoms with Gasteiger partial charge in [0.2, 0.25) is 0 Å². The van der Waals surface area contributed by atoms with Crippen molar-refractivity contribution >= 4 is 0 Å². The number of hydrogen-bond donors (Lipinski definition) is 1. The molecule has 2 aliphatic rings. The standard InChI is InChI=1S/C22H30N4/c1-24-13-12-23-22(24)21-18-25(16-19-8-4-2-5-9-19)14-15-26(21)17-20-10-6-3-7-11-20/h2-11,21-23H,12-18H2,1H3. The Bertz CT molecular complexity index is 675. The van der Waals surface area contributed by atoms with E-state index in [1.807, 2.05) is 0 Å². The third-order valence-corrected chi connectivity index (χ3v) is 5.75. The Morgan fingerprint density at radius 1 is 0.846 bits per heavy atom. The Hall–Kier alpha value is -1.72. The van der Waals surface area contributed by atoms with Gasteiger partial charge in [0.1, 0.15) is 0 Å². The number of hydrogen-bond acceptors (Lipinski definition) is 4. The zero-order chi connectivity index (χ0) is 17.8. The lowest BCUT2D eigenvalue weighted by molar-refractivity contribution is 0.0189. The summed E-state index contributed by atoms with van der Waals surface area (Å²) in [7, 11) is 2.25. The fraction of sp³-hybridized carbons (Fsp3) is 0.455. The average Bonchev–Trinajstić information content (AvgIpc) is 3.10. The molecule has 2 saturated heterocycles. The molecule has 2 fully saturated rings. The monoisotopic (exact) mass is 350 g/mol. The molecule has 2 heterocycles. The fourth-order valence-electron chi connectivity index (χ4n) is 4.32. The predicted molar refractivity (Wildman–Crippen MR) is 107 cm³/mol. The first-order valence-corrected chi connectivity index (χ1v) is 9.77. The molecule has 0 aromatic heterocycles. The summed E-state index contributed by atoms with van der Waals surface area (Å²) in [5, 5.41) is 3.73. The van der Waals surface area contributed by atoms with Gasteiger partial charge in [0, 0.05) is 45.8 Å². The minimum atomic E-state index is 0.442. The van der Waals surface area contributed by atoms with Crippen molar-refractivity contribution in [1.29, 1.82) is 0 Å². The van der Waals surface area contributed by atoms with Gasteiger partial charge in [-0.2, -0.15) is 0 Å². The van der Waals surface area contributed by atoms with Crippen molar-refractivity contribution in [2.75, 3.05) is 39.8 Å². The molecule has 0 radical (unpaired) electrons. The van der Waals surface area contributed by atoms with E-state index in [9.17, 15) is 0 Å². The summed E-state index contributed by atoms with van der Waals surface area (Å²) in [6, 6.07) is 22.3. The van der Waals surface area contributed by atoms with Crippen LogP contribution >= 0.6 is 0 Å². The van der Waals surface area contributed by atoms with Crippen LogP contribution in [0, 0.1) is 0 Å². The van der Waals surface area contributed by atoms with E-state index in [0.29, 0.717) is 12.2 Å². The molecule has 2 unspecified atom stereocenters. The van der Waals surface area contributed by atoms with Crippen LogP contribution in [0.25, 0.3) is 0 Å². The van der Waals surface area contributed by atoms with Gasteiger partial charge >= 0.3 is 0 Å². The van der Waals surface area contributed by atoms with Crippen molar-refractivity contribution in [2.45, 2.75) is 25.3 Å². The van der Waals surface area contributed by atoms with Crippen molar-refractivity contribution in [3.05, 3.63) is 71.8 Å². The van der Waals surface area contributed by atoms with Gasteiger partial charge in [-0.15, -0.1) is 0 Å². The highest BCUT2D eigenvalue weighted by Gasteiger charge is 2.36. The van der Waals surface area contributed by atoms with E-state index in [1.165, 1.54) is 11.1 Å². The highest BCUT2D eigenvalue weighted by molar-refractivity contribution is 5.16. The lowest BCUT2D eigenvalue weighted by Crippen LogP contribution is -2.61. The second-order valence-electron chi connectivity index (χ2n) is 7.62. The SMILES string of the molecule is CN1CCNC1C1CN(Cc2ccccc2)CCN1Cc1ccccc1. The zero-order valence-electron chi connectivity index (χ0n) is 15.7. The Morgan fingerprint density at radius 3 is 2.12 bits per heavy atom. The average molecular weight is 351 g/mol. The first-order chi connectivity index (χ1) is 12.8. The van der Waals surface area contributed by atoms with Crippen molar-refractivity contribution in [3.63, 3.8) is 0 Å². The first kappa shape index (κ1) is 17.7. The van der Waals surface area contributed by atoms with Crippen LogP contribution in [0.1, 0.15) is 11.1 Å². The third-order valence-electron chi connectivity index (χ3n) is 5.75. The predicted octanol–water partition coefficient (Wildman–Crippen LogP) is 2.23. The van der Waals surface area contributed by atoms with Crippen molar-refractivity contribution in [3.8, 4) is 0 Å². The van der Waals surface area contributed by atoms with E-state index < -0.39 is 0 Å². The molecule has 2 aliphatic heterocycles. The summed E-state index contributed by atoms with van der Waals surface area (Å²) in [5.74, 6) is 0. The van der Waals surface area contributed by atoms with Crippen LogP contribution in [0.5, 0.6) is 0 Å². The zero-order valence-corrected chi connectivity index (χ0v) is 15.7. The topological polar surface area (TPSA) is 21.8 Å². The molecule has 4 nitrogen and oxygen atoms in total. The van der Waals surface area contributed by atoms with Crippen molar-refractivity contribution in [2.24, 2.45) is 0 Å². The van der Waals surface area contributed by atoms with Gasteiger partial charge in [0.05, 0.1) is 12.2 Å². The number of benzene rings is 2. The Kier molecular flexibility index (Phi) is 5.65. The number of likely N-dealkylation sites (N-methyl/N-ethyl adjacent to an activating group) is 1. The smallest absolute Gasteiger partial charge is 0.0768 e. The number of nitrogens with one attached hydrogen (secondary N) is 1. The van der Waals surface area contributed by atoms with E-state index in [1.54, 1.807) is 0 Å². The number of nitrogens with zero attached hydrogens (tertiary/aromatic N) is 3. The van der Waals surface area contributed by atoms with Crippen LogP contribution < -0.4 is 5.32 Å². The molecule has 0 aliphatic carbocycles. The van der Waals surface area contributed by atoms with Gasteiger partial charge in [-0.1, -0.05) is 60.7 Å². The summed E-state index contributed by atoms with van der Waals surface area (Å²) in [4.78, 5) is 7.78. The van der Waals surface area contributed by atoms with Crippen LogP contribution in [-0.2, 0) is 13.1 Å². The maximum Gasteiger partial charge on any atom is 0.0768 e. The van der Waals surface area contributed by atoms with Gasteiger partial charge in [0.25, 0.3) is 0 Å². The highest BCUT2D eigenvalue weighted by atomic mass is 15.4.